The second kappa shape index (κ2) is 9.41. The van der Waals surface area contributed by atoms with Crippen LogP contribution in [-0.2, 0) is 16.0 Å². The normalized spacial score (nSPS) is 11.8. The quantitative estimate of drug-likeness (QED) is 0.424. The van der Waals surface area contributed by atoms with E-state index in [0.717, 1.165) is 17.1 Å². The summed E-state index contributed by atoms with van der Waals surface area (Å²) >= 11 is 1.32. The third-order valence-electron chi connectivity index (χ3n) is 4.13. The highest BCUT2D eigenvalue weighted by Gasteiger charge is 2.23. The van der Waals surface area contributed by atoms with Gasteiger partial charge in [-0.15, -0.1) is 10.2 Å². The van der Waals surface area contributed by atoms with Gasteiger partial charge in [-0.25, -0.2) is 0 Å². The molecule has 3 aromatic rings. The maximum absolute atomic E-state index is 12.1. The number of carbonyl (C=O) groups excluding carboxylic acids is 1. The van der Waals surface area contributed by atoms with Crippen molar-refractivity contribution in [1.82, 2.24) is 14.8 Å². The molecule has 0 aliphatic rings. The van der Waals surface area contributed by atoms with Gasteiger partial charge in [0.2, 0.25) is 0 Å². The highest BCUT2D eigenvalue weighted by molar-refractivity contribution is 8.00. The lowest BCUT2D eigenvalue weighted by Gasteiger charge is -2.15. The van der Waals surface area contributed by atoms with Crippen molar-refractivity contribution in [2.45, 2.75) is 30.7 Å². The number of carbonyl (C=O) groups is 1. The Morgan fingerprint density at radius 3 is 2.54 bits per heavy atom. The summed E-state index contributed by atoms with van der Waals surface area (Å²) in [6, 6.07) is 17.8. The molecule has 146 valence electrons. The SMILES string of the molecule is CCOC(=O)[C@H](C)Sc1nnc(Cc2ccccc2)n1-c1ccccc1OC. The molecule has 0 saturated heterocycles. The minimum atomic E-state index is -0.401. The Morgan fingerprint density at radius 2 is 1.82 bits per heavy atom. The van der Waals surface area contributed by atoms with Crippen LogP contribution >= 0.6 is 11.8 Å². The van der Waals surface area contributed by atoms with Crippen molar-refractivity contribution in [2.24, 2.45) is 0 Å². The Hall–Kier alpha value is -2.80. The average molecular weight is 398 g/mol. The van der Waals surface area contributed by atoms with Crippen LogP contribution in [0, 0.1) is 0 Å². The van der Waals surface area contributed by atoms with E-state index in [1.54, 1.807) is 21.0 Å². The molecule has 1 aromatic heterocycles. The monoisotopic (exact) mass is 397 g/mol. The lowest BCUT2D eigenvalue weighted by atomic mass is 10.1. The van der Waals surface area contributed by atoms with Gasteiger partial charge in [-0.3, -0.25) is 9.36 Å². The van der Waals surface area contributed by atoms with Crippen molar-refractivity contribution in [3.8, 4) is 11.4 Å². The van der Waals surface area contributed by atoms with Crippen LogP contribution < -0.4 is 4.74 Å². The summed E-state index contributed by atoms with van der Waals surface area (Å²) in [6.07, 6.45) is 0.611. The van der Waals surface area contributed by atoms with Crippen LogP contribution in [-0.4, -0.2) is 39.7 Å². The number of rotatable bonds is 8. The second-order valence-corrected chi connectivity index (χ2v) is 7.39. The van der Waals surface area contributed by atoms with Crippen molar-refractivity contribution in [2.75, 3.05) is 13.7 Å². The minimum Gasteiger partial charge on any atom is -0.495 e. The zero-order chi connectivity index (χ0) is 19.9. The summed E-state index contributed by atoms with van der Waals surface area (Å²) < 4.78 is 12.6. The lowest BCUT2D eigenvalue weighted by Crippen LogP contribution is -2.17. The smallest absolute Gasteiger partial charge is 0.319 e. The van der Waals surface area contributed by atoms with Crippen molar-refractivity contribution < 1.29 is 14.3 Å². The summed E-state index contributed by atoms with van der Waals surface area (Å²) in [7, 11) is 1.63. The fourth-order valence-electron chi connectivity index (χ4n) is 2.79. The van der Waals surface area contributed by atoms with Gasteiger partial charge in [0.25, 0.3) is 0 Å². The molecular weight excluding hydrogens is 374 g/mol. The molecule has 3 rings (SSSR count). The number of esters is 1. The van der Waals surface area contributed by atoms with Crippen molar-refractivity contribution in [1.29, 1.82) is 0 Å². The van der Waals surface area contributed by atoms with E-state index >= 15 is 0 Å². The molecule has 1 atom stereocenters. The van der Waals surface area contributed by atoms with Crippen molar-refractivity contribution in [3.05, 3.63) is 66.0 Å². The van der Waals surface area contributed by atoms with Crippen LogP contribution in [0.15, 0.2) is 59.8 Å². The molecule has 0 radical (unpaired) electrons. The first kappa shape index (κ1) is 19.9. The van der Waals surface area contributed by atoms with Gasteiger partial charge >= 0.3 is 5.97 Å². The largest absolute Gasteiger partial charge is 0.495 e. The number of methoxy groups -OCH3 is 1. The molecule has 0 spiro atoms. The molecule has 28 heavy (non-hydrogen) atoms. The number of ether oxygens (including phenoxy) is 2. The minimum absolute atomic E-state index is 0.272. The fourth-order valence-corrected chi connectivity index (χ4v) is 3.67. The highest BCUT2D eigenvalue weighted by Crippen LogP contribution is 2.31. The first-order valence-corrected chi connectivity index (χ1v) is 9.97. The lowest BCUT2D eigenvalue weighted by molar-refractivity contribution is -0.142. The highest BCUT2D eigenvalue weighted by atomic mass is 32.2. The van der Waals surface area contributed by atoms with E-state index in [4.69, 9.17) is 9.47 Å². The molecule has 0 aliphatic heterocycles. The number of hydrogen-bond acceptors (Lipinski definition) is 6. The number of nitrogens with zero attached hydrogens (tertiary/aromatic N) is 3. The van der Waals surface area contributed by atoms with Crippen LogP contribution in [0.4, 0.5) is 0 Å². The Morgan fingerprint density at radius 1 is 1.11 bits per heavy atom. The van der Waals surface area contributed by atoms with Gasteiger partial charge in [0, 0.05) is 6.42 Å². The average Bonchev–Trinajstić information content (AvgIpc) is 3.10. The molecule has 0 fully saturated rings. The van der Waals surface area contributed by atoms with Gasteiger partial charge in [0.15, 0.2) is 5.16 Å². The van der Waals surface area contributed by atoms with E-state index in [9.17, 15) is 4.79 Å². The summed E-state index contributed by atoms with van der Waals surface area (Å²) in [4.78, 5) is 12.1. The second-order valence-electron chi connectivity index (χ2n) is 6.08. The van der Waals surface area contributed by atoms with Gasteiger partial charge in [0.1, 0.15) is 16.8 Å². The molecule has 0 bridgehead atoms. The van der Waals surface area contributed by atoms with E-state index in [1.165, 1.54) is 11.8 Å². The molecule has 7 heteroatoms. The molecular formula is C21H23N3O3S. The van der Waals surface area contributed by atoms with Gasteiger partial charge in [-0.1, -0.05) is 54.2 Å². The van der Waals surface area contributed by atoms with Crippen LogP contribution in [0.3, 0.4) is 0 Å². The van der Waals surface area contributed by atoms with Crippen molar-refractivity contribution >= 4 is 17.7 Å². The first-order valence-electron chi connectivity index (χ1n) is 9.09. The fraction of sp³-hybridized carbons (Fsp3) is 0.286. The maximum atomic E-state index is 12.1. The standard InChI is InChI=1S/C21H23N3O3S/c1-4-27-20(25)15(2)28-21-23-22-19(14-16-10-6-5-7-11-16)24(21)17-12-8-9-13-18(17)26-3/h5-13,15H,4,14H2,1-3H3/t15-/m0/s1. The topological polar surface area (TPSA) is 66.2 Å². The molecule has 0 amide bonds. The number of thioether (sulfide) groups is 1. The number of para-hydroxylation sites is 2. The first-order chi connectivity index (χ1) is 13.6. The van der Waals surface area contributed by atoms with E-state index in [1.807, 2.05) is 47.0 Å². The maximum Gasteiger partial charge on any atom is 0.319 e. The third kappa shape index (κ3) is 4.54. The van der Waals surface area contributed by atoms with E-state index in [0.29, 0.717) is 23.9 Å². The molecule has 6 nitrogen and oxygen atoms in total. The van der Waals surface area contributed by atoms with Crippen LogP contribution in [0.25, 0.3) is 5.69 Å². The molecule has 0 N–H and O–H groups in total. The van der Waals surface area contributed by atoms with Gasteiger partial charge < -0.3 is 9.47 Å². The summed E-state index contributed by atoms with van der Waals surface area (Å²) in [5.74, 6) is 1.21. The summed E-state index contributed by atoms with van der Waals surface area (Å²) in [5.41, 5.74) is 1.96. The van der Waals surface area contributed by atoms with Crippen LogP contribution in [0.1, 0.15) is 25.2 Å². The number of benzene rings is 2. The zero-order valence-electron chi connectivity index (χ0n) is 16.2. The van der Waals surface area contributed by atoms with Crippen molar-refractivity contribution in [3.63, 3.8) is 0 Å². The summed E-state index contributed by atoms with van der Waals surface area (Å²) in [6.45, 7) is 3.95. The van der Waals surface area contributed by atoms with E-state index in [2.05, 4.69) is 22.3 Å². The Bertz CT molecular complexity index is 928. The Kier molecular flexibility index (Phi) is 6.71. The number of aromatic nitrogens is 3. The Labute approximate surface area is 168 Å². The van der Waals surface area contributed by atoms with Crippen LogP contribution in [0.2, 0.25) is 0 Å². The summed E-state index contributed by atoms with van der Waals surface area (Å²) in [5, 5.41) is 8.99. The zero-order valence-corrected chi connectivity index (χ0v) is 17.0. The van der Waals surface area contributed by atoms with E-state index in [-0.39, 0.29) is 5.97 Å². The number of hydrogen-bond donors (Lipinski definition) is 0. The van der Waals surface area contributed by atoms with Gasteiger partial charge in [-0.2, -0.15) is 0 Å². The molecule has 0 unspecified atom stereocenters. The predicted molar refractivity (Wildman–Crippen MR) is 109 cm³/mol. The van der Waals surface area contributed by atoms with Crippen LogP contribution in [0.5, 0.6) is 5.75 Å². The molecule has 0 saturated carbocycles. The Balaban J connectivity index is 2.01. The molecule has 1 heterocycles. The molecule has 0 aliphatic carbocycles. The van der Waals surface area contributed by atoms with Gasteiger partial charge in [0.05, 0.1) is 19.4 Å². The third-order valence-corrected chi connectivity index (χ3v) is 5.15. The molecule has 2 aromatic carbocycles. The van der Waals surface area contributed by atoms with E-state index < -0.39 is 5.25 Å². The predicted octanol–water partition coefficient (Wildman–Crippen LogP) is 3.91. The van der Waals surface area contributed by atoms with Gasteiger partial charge in [-0.05, 0) is 31.5 Å².